The number of nitro benzene ring substituents is 1. The first-order valence-electron chi connectivity index (χ1n) is 8.12. The maximum absolute atomic E-state index is 12.6. The molecule has 1 fully saturated rings. The number of hydrogen-bond acceptors (Lipinski definition) is 4. The molecule has 1 amide bonds. The van der Waals surface area contributed by atoms with E-state index in [1.165, 1.54) is 42.3 Å². The number of nitro groups is 1. The van der Waals surface area contributed by atoms with Gasteiger partial charge in [-0.05, 0) is 25.0 Å². The first-order chi connectivity index (χ1) is 11.6. The van der Waals surface area contributed by atoms with E-state index < -0.39 is 4.92 Å². The third-order valence-electron chi connectivity index (χ3n) is 4.60. The van der Waals surface area contributed by atoms with Crippen LogP contribution in [-0.2, 0) is 0 Å². The van der Waals surface area contributed by atoms with Crippen LogP contribution in [0.15, 0.2) is 36.8 Å². The fourth-order valence-corrected chi connectivity index (χ4v) is 3.14. The summed E-state index contributed by atoms with van der Waals surface area (Å²) in [4.78, 5) is 28.9. The zero-order valence-electron chi connectivity index (χ0n) is 13.6. The average molecular weight is 328 g/mol. The minimum Gasteiger partial charge on any atom is -0.324 e. The van der Waals surface area contributed by atoms with Crippen molar-refractivity contribution in [2.24, 2.45) is 0 Å². The Bertz CT molecular complexity index is 733. The van der Waals surface area contributed by atoms with Crippen molar-refractivity contribution in [2.45, 2.75) is 38.1 Å². The average Bonchev–Trinajstić information content (AvgIpc) is 3.11. The molecule has 24 heavy (non-hydrogen) atoms. The van der Waals surface area contributed by atoms with Crippen molar-refractivity contribution in [3.63, 3.8) is 0 Å². The van der Waals surface area contributed by atoms with E-state index in [1.54, 1.807) is 23.2 Å². The molecule has 0 spiro atoms. The highest BCUT2D eigenvalue weighted by molar-refractivity contribution is 5.78. The van der Waals surface area contributed by atoms with Gasteiger partial charge >= 0.3 is 6.03 Å². The molecule has 2 aromatic rings. The number of hydrogen-bond donors (Lipinski definition) is 0. The molecule has 0 saturated heterocycles. The van der Waals surface area contributed by atoms with Gasteiger partial charge < -0.3 is 4.90 Å². The molecule has 126 valence electrons. The highest BCUT2D eigenvalue weighted by atomic mass is 16.6. The Balaban J connectivity index is 1.74. The molecule has 1 aromatic heterocycles. The molecule has 0 bridgehead atoms. The van der Waals surface area contributed by atoms with Crippen LogP contribution in [-0.4, -0.2) is 38.5 Å². The van der Waals surface area contributed by atoms with Gasteiger partial charge in [-0.25, -0.2) is 9.78 Å². The molecule has 1 aliphatic rings. The molecular formula is C17H20N4O3. The van der Waals surface area contributed by atoms with Crippen molar-refractivity contribution in [1.29, 1.82) is 0 Å². The molecule has 0 N–H and O–H groups in total. The summed E-state index contributed by atoms with van der Waals surface area (Å²) in [6.07, 6.45) is 8.84. The van der Waals surface area contributed by atoms with Crippen LogP contribution in [0.1, 0.15) is 32.1 Å². The van der Waals surface area contributed by atoms with Gasteiger partial charge in [-0.2, -0.15) is 0 Å². The lowest BCUT2D eigenvalue weighted by Crippen LogP contribution is -2.40. The molecule has 7 heteroatoms. The van der Waals surface area contributed by atoms with Gasteiger partial charge in [0, 0.05) is 37.0 Å². The third-order valence-corrected chi connectivity index (χ3v) is 4.60. The second kappa shape index (κ2) is 6.82. The zero-order valence-corrected chi connectivity index (χ0v) is 13.6. The lowest BCUT2D eigenvalue weighted by atomic mass is 9.95. The summed E-state index contributed by atoms with van der Waals surface area (Å²) in [5.41, 5.74) is 1.40. The highest BCUT2D eigenvalue weighted by Gasteiger charge is 2.23. The number of rotatable bonds is 3. The SMILES string of the molecule is CN(C(=O)n1cnc(-c2ccc([N+](=O)[O-])cc2)c1)C1CCCCC1. The number of carbonyl (C=O) groups is 1. The quantitative estimate of drug-likeness (QED) is 0.635. The number of non-ortho nitro benzene ring substituents is 1. The van der Waals surface area contributed by atoms with Crippen LogP contribution < -0.4 is 0 Å². The lowest BCUT2D eigenvalue weighted by molar-refractivity contribution is -0.384. The number of benzene rings is 1. The molecule has 0 atom stereocenters. The van der Waals surface area contributed by atoms with Crippen molar-refractivity contribution in [2.75, 3.05) is 7.05 Å². The minimum absolute atomic E-state index is 0.0336. The number of amides is 1. The van der Waals surface area contributed by atoms with E-state index in [4.69, 9.17) is 0 Å². The Morgan fingerprint density at radius 2 is 1.92 bits per heavy atom. The van der Waals surface area contributed by atoms with Crippen molar-refractivity contribution in [3.8, 4) is 11.3 Å². The van der Waals surface area contributed by atoms with Gasteiger partial charge in [0.05, 0.1) is 10.6 Å². The van der Waals surface area contributed by atoms with Crippen LogP contribution in [0, 0.1) is 10.1 Å². The van der Waals surface area contributed by atoms with Crippen LogP contribution in [0.4, 0.5) is 10.5 Å². The van der Waals surface area contributed by atoms with E-state index in [2.05, 4.69) is 4.98 Å². The summed E-state index contributed by atoms with van der Waals surface area (Å²) in [6, 6.07) is 6.34. The van der Waals surface area contributed by atoms with Crippen molar-refractivity contribution in [3.05, 3.63) is 46.9 Å². The number of aromatic nitrogens is 2. The Hall–Kier alpha value is -2.70. The molecular weight excluding hydrogens is 308 g/mol. The Morgan fingerprint density at radius 1 is 1.25 bits per heavy atom. The summed E-state index contributed by atoms with van der Waals surface area (Å²) in [5.74, 6) is 0. The van der Waals surface area contributed by atoms with Gasteiger partial charge in [-0.1, -0.05) is 19.3 Å². The second-order valence-electron chi connectivity index (χ2n) is 6.16. The normalized spacial score (nSPS) is 15.2. The molecule has 3 rings (SSSR count). The summed E-state index contributed by atoms with van der Waals surface area (Å²) in [6.45, 7) is 0. The second-order valence-corrected chi connectivity index (χ2v) is 6.16. The van der Waals surface area contributed by atoms with Crippen LogP contribution >= 0.6 is 0 Å². The standard InChI is InChI=1S/C17H20N4O3/c1-19(14-5-3-2-4-6-14)17(22)20-11-16(18-12-20)13-7-9-15(10-8-13)21(23)24/h7-12,14H,2-6H2,1H3. The Labute approximate surface area is 140 Å². The smallest absolute Gasteiger partial charge is 0.324 e. The molecule has 1 heterocycles. The van der Waals surface area contributed by atoms with Gasteiger partial charge in [0.25, 0.3) is 5.69 Å². The molecule has 1 saturated carbocycles. The summed E-state index contributed by atoms with van der Waals surface area (Å²) in [7, 11) is 1.84. The molecule has 0 radical (unpaired) electrons. The van der Waals surface area contributed by atoms with Crippen LogP contribution in [0.3, 0.4) is 0 Å². The topological polar surface area (TPSA) is 81.3 Å². The Morgan fingerprint density at radius 3 is 2.54 bits per heavy atom. The van der Waals surface area contributed by atoms with Gasteiger partial charge in [-0.15, -0.1) is 0 Å². The molecule has 0 aliphatic heterocycles. The van der Waals surface area contributed by atoms with Crippen LogP contribution in [0.2, 0.25) is 0 Å². The predicted octanol–water partition coefficient (Wildman–Crippen LogP) is 3.69. The van der Waals surface area contributed by atoms with Crippen LogP contribution in [0.5, 0.6) is 0 Å². The van der Waals surface area contributed by atoms with E-state index in [0.29, 0.717) is 5.69 Å². The summed E-state index contributed by atoms with van der Waals surface area (Å²) in [5, 5.41) is 10.7. The van der Waals surface area contributed by atoms with Crippen molar-refractivity contribution < 1.29 is 9.72 Å². The molecule has 0 unspecified atom stereocenters. The molecule has 7 nitrogen and oxygen atoms in total. The fourth-order valence-electron chi connectivity index (χ4n) is 3.14. The van der Waals surface area contributed by atoms with Gasteiger partial charge in [0.2, 0.25) is 0 Å². The van der Waals surface area contributed by atoms with E-state index in [1.807, 2.05) is 7.05 Å². The fraction of sp³-hybridized carbons (Fsp3) is 0.412. The first-order valence-corrected chi connectivity index (χ1v) is 8.12. The zero-order chi connectivity index (χ0) is 17.1. The van der Waals surface area contributed by atoms with Crippen molar-refractivity contribution >= 4 is 11.7 Å². The number of nitrogens with zero attached hydrogens (tertiary/aromatic N) is 4. The summed E-state index contributed by atoms with van der Waals surface area (Å²) < 4.78 is 1.48. The summed E-state index contributed by atoms with van der Waals surface area (Å²) >= 11 is 0. The Kier molecular flexibility index (Phi) is 4.59. The highest BCUT2D eigenvalue weighted by Crippen LogP contribution is 2.23. The largest absolute Gasteiger partial charge is 0.329 e. The lowest BCUT2D eigenvalue weighted by Gasteiger charge is -2.31. The van der Waals surface area contributed by atoms with Crippen molar-refractivity contribution in [1.82, 2.24) is 14.5 Å². The van der Waals surface area contributed by atoms with Crippen LogP contribution in [0.25, 0.3) is 11.3 Å². The monoisotopic (exact) mass is 328 g/mol. The maximum atomic E-state index is 12.6. The molecule has 1 aromatic carbocycles. The molecule has 1 aliphatic carbocycles. The van der Waals surface area contributed by atoms with E-state index in [0.717, 1.165) is 18.4 Å². The van der Waals surface area contributed by atoms with E-state index >= 15 is 0 Å². The van der Waals surface area contributed by atoms with Gasteiger partial charge in [-0.3, -0.25) is 14.7 Å². The predicted molar refractivity (Wildman–Crippen MR) is 89.7 cm³/mol. The first kappa shape index (κ1) is 16.2. The van der Waals surface area contributed by atoms with E-state index in [9.17, 15) is 14.9 Å². The third kappa shape index (κ3) is 3.29. The number of carbonyl (C=O) groups excluding carboxylic acids is 1. The number of imidazole rings is 1. The minimum atomic E-state index is -0.439. The maximum Gasteiger partial charge on any atom is 0.329 e. The van der Waals surface area contributed by atoms with Gasteiger partial charge in [0.15, 0.2) is 0 Å². The van der Waals surface area contributed by atoms with E-state index in [-0.39, 0.29) is 17.8 Å². The van der Waals surface area contributed by atoms with Gasteiger partial charge in [0.1, 0.15) is 6.33 Å².